The molecule has 1 aromatic carbocycles. The molecule has 3 saturated heterocycles. The molecule has 0 aliphatic carbocycles. The second-order valence-electron chi connectivity index (χ2n) is 10.2. The molecule has 3 aliphatic rings. The van der Waals surface area contributed by atoms with Gasteiger partial charge in [0.25, 0.3) is 0 Å². The monoisotopic (exact) mass is 489 g/mol. The third-order valence-electron chi connectivity index (χ3n) is 8.16. The van der Waals surface area contributed by atoms with Crippen molar-refractivity contribution in [1.82, 2.24) is 0 Å². The zero-order valence-electron chi connectivity index (χ0n) is 21.4. The van der Waals surface area contributed by atoms with Crippen LogP contribution in [0.25, 0.3) is 10.4 Å². The molecule has 9 nitrogen and oxygen atoms in total. The Bertz CT molecular complexity index is 851. The lowest BCUT2D eigenvalue weighted by Crippen LogP contribution is -2.56. The van der Waals surface area contributed by atoms with E-state index in [1.54, 1.807) is 0 Å². The lowest BCUT2D eigenvalue weighted by molar-refractivity contribution is -0.348. The van der Waals surface area contributed by atoms with Gasteiger partial charge in [0.1, 0.15) is 6.10 Å². The summed E-state index contributed by atoms with van der Waals surface area (Å²) in [6, 6.07) is 10.0. The summed E-state index contributed by atoms with van der Waals surface area (Å²) < 4.78 is 37.2. The maximum absolute atomic E-state index is 8.47. The van der Waals surface area contributed by atoms with E-state index >= 15 is 0 Å². The molecule has 4 rings (SSSR count). The second kappa shape index (κ2) is 12.0. The molecule has 11 atom stereocenters. The van der Waals surface area contributed by atoms with Gasteiger partial charge in [-0.1, -0.05) is 70.1 Å². The molecule has 3 fully saturated rings. The van der Waals surface area contributed by atoms with Gasteiger partial charge in [0.05, 0.1) is 32.0 Å². The van der Waals surface area contributed by atoms with E-state index in [9.17, 15) is 0 Å². The molecule has 194 valence electrons. The summed E-state index contributed by atoms with van der Waals surface area (Å²) >= 11 is 0. The first-order chi connectivity index (χ1) is 16.9. The Morgan fingerprint density at radius 3 is 2.34 bits per heavy atom. The van der Waals surface area contributed by atoms with E-state index in [4.69, 9.17) is 34.0 Å². The number of ether oxygens (including phenoxy) is 6. The van der Waals surface area contributed by atoms with Gasteiger partial charge in [-0.15, -0.1) is 0 Å². The van der Waals surface area contributed by atoms with Crippen molar-refractivity contribution in [2.24, 2.45) is 34.7 Å². The molecule has 0 bridgehead atoms. The molecule has 1 aromatic rings. The van der Waals surface area contributed by atoms with Crippen LogP contribution in [0.1, 0.15) is 46.5 Å². The number of azide groups is 1. The molecule has 5 unspecified atom stereocenters. The second-order valence-corrected chi connectivity index (χ2v) is 10.2. The van der Waals surface area contributed by atoms with Gasteiger partial charge in [-0.2, -0.15) is 0 Å². The quantitative estimate of drug-likeness (QED) is 0.218. The standard InChI is InChI=1S/C26H39N3O6/c1-15-16(2)21(33-24(18(15)4)30-12-11-28-29-27)13-31-25-19(5)17(3)23-22(34-25)14-32-26(35-23)20-9-7-6-8-10-20/h6-10,15-19,21-26H,11-14H2,1-5H3/t15-,16-,17+,18?,19?,21?,22?,23-,24+,25+,26?/m0/s1. The smallest absolute Gasteiger partial charge is 0.184 e. The average molecular weight is 490 g/mol. The Balaban J connectivity index is 1.33. The fraction of sp³-hybridized carbons (Fsp3) is 0.769. The van der Waals surface area contributed by atoms with Gasteiger partial charge in [-0.05, 0) is 23.3 Å². The van der Waals surface area contributed by atoms with E-state index < -0.39 is 0 Å². The highest BCUT2D eigenvalue weighted by atomic mass is 16.7. The maximum atomic E-state index is 8.47. The van der Waals surface area contributed by atoms with Crippen molar-refractivity contribution in [2.75, 3.05) is 26.4 Å². The topological polar surface area (TPSA) is 104 Å². The highest BCUT2D eigenvalue weighted by Gasteiger charge is 2.47. The molecule has 0 spiro atoms. The van der Waals surface area contributed by atoms with E-state index in [-0.39, 0.29) is 61.5 Å². The van der Waals surface area contributed by atoms with Crippen molar-refractivity contribution in [3.63, 3.8) is 0 Å². The van der Waals surface area contributed by atoms with Crippen LogP contribution in [-0.2, 0) is 28.4 Å². The molecule has 0 N–H and O–H groups in total. The Hall–Kier alpha value is -1.71. The molecule has 3 heterocycles. The number of fused-ring (bicyclic) bond motifs is 1. The lowest BCUT2D eigenvalue weighted by atomic mass is 9.79. The molecule has 35 heavy (non-hydrogen) atoms. The predicted molar refractivity (Wildman–Crippen MR) is 129 cm³/mol. The van der Waals surface area contributed by atoms with Crippen LogP contribution in [-0.4, -0.2) is 57.3 Å². The van der Waals surface area contributed by atoms with E-state index in [0.29, 0.717) is 31.7 Å². The highest BCUT2D eigenvalue weighted by molar-refractivity contribution is 5.16. The third kappa shape index (κ3) is 6.00. The maximum Gasteiger partial charge on any atom is 0.184 e. The van der Waals surface area contributed by atoms with Gasteiger partial charge in [-0.25, -0.2) is 0 Å². The van der Waals surface area contributed by atoms with Crippen LogP contribution in [0, 0.1) is 29.6 Å². The van der Waals surface area contributed by atoms with E-state index in [2.05, 4.69) is 44.6 Å². The zero-order chi connectivity index (χ0) is 24.9. The highest BCUT2D eigenvalue weighted by Crippen LogP contribution is 2.40. The predicted octanol–water partition coefficient (Wildman–Crippen LogP) is 5.07. The normalized spacial score (nSPS) is 41.6. The molecule has 0 saturated carbocycles. The summed E-state index contributed by atoms with van der Waals surface area (Å²) in [4.78, 5) is 2.77. The first kappa shape index (κ1) is 26.4. The molecule has 0 radical (unpaired) electrons. The number of nitrogens with zero attached hydrogens (tertiary/aromatic N) is 3. The summed E-state index contributed by atoms with van der Waals surface area (Å²) in [6.07, 6.45) is -1.43. The van der Waals surface area contributed by atoms with Crippen molar-refractivity contribution < 1.29 is 28.4 Å². The third-order valence-corrected chi connectivity index (χ3v) is 8.16. The van der Waals surface area contributed by atoms with Gasteiger partial charge in [0.15, 0.2) is 18.9 Å². The minimum atomic E-state index is -0.371. The molecule has 3 aliphatic heterocycles. The summed E-state index contributed by atoms with van der Waals surface area (Å²) in [5, 5.41) is 3.54. The largest absolute Gasteiger partial charge is 0.352 e. The summed E-state index contributed by atoms with van der Waals surface area (Å²) in [5.41, 5.74) is 9.49. The minimum absolute atomic E-state index is 0.0524. The molecule has 9 heteroatoms. The van der Waals surface area contributed by atoms with Gasteiger partial charge >= 0.3 is 0 Å². The number of rotatable bonds is 8. The number of hydrogen-bond acceptors (Lipinski definition) is 7. The van der Waals surface area contributed by atoms with Crippen LogP contribution in [0.4, 0.5) is 0 Å². The van der Waals surface area contributed by atoms with Crippen molar-refractivity contribution in [3.8, 4) is 0 Å². The first-order valence-corrected chi connectivity index (χ1v) is 12.8. The van der Waals surface area contributed by atoms with Gasteiger partial charge in [-0.3, -0.25) is 0 Å². The number of hydrogen-bond donors (Lipinski definition) is 0. The van der Waals surface area contributed by atoms with E-state index in [1.165, 1.54) is 0 Å². The SMILES string of the molecule is CC1[C@H](OCCN=[N+]=[N-])OC(CO[C@@H]2OC3COC(c4ccccc4)O[C@H]3[C@H](C)C2C)[C@@H](C)[C@@H]1C. The van der Waals surface area contributed by atoms with Crippen LogP contribution in [0.2, 0.25) is 0 Å². The van der Waals surface area contributed by atoms with Crippen LogP contribution < -0.4 is 0 Å². The zero-order valence-corrected chi connectivity index (χ0v) is 21.4. The van der Waals surface area contributed by atoms with Crippen molar-refractivity contribution in [2.45, 2.75) is 71.8 Å². The van der Waals surface area contributed by atoms with Gasteiger partial charge < -0.3 is 28.4 Å². The summed E-state index contributed by atoms with van der Waals surface area (Å²) in [7, 11) is 0. The van der Waals surface area contributed by atoms with Crippen LogP contribution in [0.15, 0.2) is 35.4 Å². The van der Waals surface area contributed by atoms with Crippen molar-refractivity contribution in [3.05, 3.63) is 46.3 Å². The average Bonchev–Trinajstić information content (AvgIpc) is 2.88. The van der Waals surface area contributed by atoms with E-state index in [1.807, 2.05) is 30.3 Å². The Morgan fingerprint density at radius 1 is 0.886 bits per heavy atom. The van der Waals surface area contributed by atoms with Crippen molar-refractivity contribution in [1.29, 1.82) is 0 Å². The fourth-order valence-electron chi connectivity index (χ4n) is 5.26. The van der Waals surface area contributed by atoms with Gasteiger partial charge in [0.2, 0.25) is 0 Å². The minimum Gasteiger partial charge on any atom is -0.352 e. The summed E-state index contributed by atoms with van der Waals surface area (Å²) in [6.45, 7) is 12.4. The van der Waals surface area contributed by atoms with Crippen molar-refractivity contribution >= 4 is 0 Å². The molecule has 0 aromatic heterocycles. The van der Waals surface area contributed by atoms with Gasteiger partial charge in [0, 0.05) is 28.9 Å². The Labute approximate surface area is 208 Å². The number of benzene rings is 1. The van der Waals surface area contributed by atoms with Crippen LogP contribution in [0.3, 0.4) is 0 Å². The first-order valence-electron chi connectivity index (χ1n) is 12.8. The Kier molecular flexibility index (Phi) is 9.05. The molecular formula is C26H39N3O6. The van der Waals surface area contributed by atoms with Crippen LogP contribution >= 0.6 is 0 Å². The lowest BCUT2D eigenvalue weighted by Gasteiger charge is -2.48. The Morgan fingerprint density at radius 2 is 1.60 bits per heavy atom. The molecule has 0 amide bonds. The van der Waals surface area contributed by atoms with Crippen LogP contribution in [0.5, 0.6) is 0 Å². The van der Waals surface area contributed by atoms with E-state index in [0.717, 1.165) is 5.56 Å². The summed E-state index contributed by atoms with van der Waals surface area (Å²) in [5.74, 6) is 1.32. The fourth-order valence-corrected chi connectivity index (χ4v) is 5.26. The molecular weight excluding hydrogens is 450 g/mol.